The van der Waals surface area contributed by atoms with Crippen LogP contribution < -0.4 is 10.6 Å². The van der Waals surface area contributed by atoms with Crippen molar-refractivity contribution < 1.29 is 4.74 Å². The second kappa shape index (κ2) is 11.7. The summed E-state index contributed by atoms with van der Waals surface area (Å²) in [6.45, 7) is 9.94. The van der Waals surface area contributed by atoms with Gasteiger partial charge in [-0.05, 0) is 32.9 Å². The van der Waals surface area contributed by atoms with Gasteiger partial charge in [0.15, 0.2) is 5.96 Å². The highest BCUT2D eigenvalue weighted by Gasteiger charge is 2.22. The first-order valence-corrected chi connectivity index (χ1v) is 7.07. The summed E-state index contributed by atoms with van der Waals surface area (Å²) in [5.41, 5.74) is 0. The molecule has 0 aliphatic carbocycles. The maximum Gasteiger partial charge on any atom is 0.191 e. The van der Waals surface area contributed by atoms with Crippen LogP contribution in [0, 0.1) is 0 Å². The topological polar surface area (TPSA) is 48.9 Å². The number of rotatable bonds is 7. The van der Waals surface area contributed by atoms with Crippen molar-refractivity contribution in [2.45, 2.75) is 32.7 Å². The fourth-order valence-electron chi connectivity index (χ4n) is 2.33. The monoisotopic (exact) mass is 384 g/mol. The normalized spacial score (nSPS) is 20.2. The van der Waals surface area contributed by atoms with Crippen molar-refractivity contribution >= 4 is 29.9 Å². The molecule has 1 saturated heterocycles. The quantitative estimate of drug-likeness (QED) is 0.301. The fourth-order valence-corrected chi connectivity index (χ4v) is 2.33. The van der Waals surface area contributed by atoms with Crippen molar-refractivity contribution in [3.05, 3.63) is 0 Å². The predicted molar refractivity (Wildman–Crippen MR) is 91.5 cm³/mol. The van der Waals surface area contributed by atoms with Gasteiger partial charge in [-0.15, -0.1) is 24.0 Å². The molecule has 2 N–H and O–H groups in total. The van der Waals surface area contributed by atoms with Crippen LogP contribution in [0.5, 0.6) is 0 Å². The van der Waals surface area contributed by atoms with E-state index >= 15 is 0 Å². The van der Waals surface area contributed by atoms with Gasteiger partial charge in [0.25, 0.3) is 0 Å². The van der Waals surface area contributed by atoms with E-state index in [1.54, 1.807) is 7.11 Å². The smallest absolute Gasteiger partial charge is 0.191 e. The van der Waals surface area contributed by atoms with E-state index in [0.717, 1.165) is 32.1 Å². The lowest BCUT2D eigenvalue weighted by Crippen LogP contribution is -2.40. The van der Waals surface area contributed by atoms with Crippen LogP contribution in [0.2, 0.25) is 0 Å². The lowest BCUT2D eigenvalue weighted by atomic mass is 10.2. The lowest BCUT2D eigenvalue weighted by molar-refractivity contribution is 0.203. The number of likely N-dealkylation sites (N-methyl/N-ethyl adjacent to an activating group) is 1. The molecule has 0 bridgehead atoms. The van der Waals surface area contributed by atoms with Crippen molar-refractivity contribution in [1.82, 2.24) is 15.5 Å². The molecular weight excluding hydrogens is 355 g/mol. The molecule has 0 amide bonds. The van der Waals surface area contributed by atoms with Gasteiger partial charge < -0.3 is 15.4 Å². The zero-order valence-electron chi connectivity index (χ0n) is 12.4. The molecule has 0 radical (unpaired) electrons. The Labute approximate surface area is 134 Å². The third kappa shape index (κ3) is 7.31. The number of nitrogens with one attached hydrogen (secondary N) is 2. The molecule has 0 spiro atoms. The number of likely N-dealkylation sites (tertiary alicyclic amines) is 1. The number of hydrogen-bond donors (Lipinski definition) is 2. The van der Waals surface area contributed by atoms with Crippen molar-refractivity contribution in [3.63, 3.8) is 0 Å². The predicted octanol–water partition coefficient (Wildman–Crippen LogP) is 1.29. The Bertz CT molecular complexity index is 251. The third-order valence-electron chi connectivity index (χ3n) is 3.31. The summed E-state index contributed by atoms with van der Waals surface area (Å²) in [7, 11) is 1.71. The maximum atomic E-state index is 5.03. The summed E-state index contributed by atoms with van der Waals surface area (Å²) in [6.07, 6.45) is 2.58. The Hall–Kier alpha value is -0.0800. The summed E-state index contributed by atoms with van der Waals surface area (Å²) < 4.78 is 5.03. The van der Waals surface area contributed by atoms with Gasteiger partial charge in [0.2, 0.25) is 0 Å². The number of guanidine groups is 1. The van der Waals surface area contributed by atoms with Crippen LogP contribution in [0.3, 0.4) is 0 Å². The van der Waals surface area contributed by atoms with Gasteiger partial charge in [-0.3, -0.25) is 9.89 Å². The van der Waals surface area contributed by atoms with Crippen LogP contribution >= 0.6 is 24.0 Å². The fraction of sp³-hybridized carbons (Fsp3) is 0.923. The summed E-state index contributed by atoms with van der Waals surface area (Å²) >= 11 is 0. The molecule has 0 aromatic rings. The molecule has 19 heavy (non-hydrogen) atoms. The van der Waals surface area contributed by atoms with Crippen molar-refractivity contribution in [2.24, 2.45) is 4.99 Å². The molecule has 1 atom stereocenters. The minimum Gasteiger partial charge on any atom is -0.383 e. The Morgan fingerprint density at radius 3 is 2.79 bits per heavy atom. The first-order valence-electron chi connectivity index (χ1n) is 7.07. The minimum atomic E-state index is 0. The van der Waals surface area contributed by atoms with Crippen LogP contribution in [0.1, 0.15) is 26.7 Å². The van der Waals surface area contributed by atoms with E-state index in [0.29, 0.717) is 12.6 Å². The zero-order chi connectivity index (χ0) is 13.2. The van der Waals surface area contributed by atoms with Gasteiger partial charge in [-0.2, -0.15) is 0 Å². The van der Waals surface area contributed by atoms with E-state index in [-0.39, 0.29) is 24.0 Å². The maximum absolute atomic E-state index is 5.03. The molecule has 1 aliphatic rings. The molecule has 1 unspecified atom stereocenters. The molecule has 0 saturated carbocycles. The molecular formula is C13H29IN4O. The highest BCUT2D eigenvalue weighted by atomic mass is 127. The van der Waals surface area contributed by atoms with E-state index in [1.807, 2.05) is 0 Å². The highest BCUT2D eigenvalue weighted by Crippen LogP contribution is 2.16. The van der Waals surface area contributed by atoms with Gasteiger partial charge in [0, 0.05) is 26.2 Å². The highest BCUT2D eigenvalue weighted by molar-refractivity contribution is 14.0. The van der Waals surface area contributed by atoms with Gasteiger partial charge >= 0.3 is 0 Å². The van der Waals surface area contributed by atoms with Crippen molar-refractivity contribution in [3.8, 4) is 0 Å². The SMILES string of the molecule is CCNC(=NCC1CCCN1CC)NCCOC.I. The van der Waals surface area contributed by atoms with Crippen LogP contribution in [-0.4, -0.2) is 63.3 Å². The Balaban J connectivity index is 0.00000324. The van der Waals surface area contributed by atoms with Crippen molar-refractivity contribution in [2.75, 3.05) is 46.4 Å². The molecule has 0 aromatic heterocycles. The average molecular weight is 384 g/mol. The number of halogens is 1. The van der Waals surface area contributed by atoms with E-state index in [2.05, 4.69) is 34.4 Å². The number of aliphatic imine (C=N–C) groups is 1. The van der Waals surface area contributed by atoms with Gasteiger partial charge in [-0.25, -0.2) is 0 Å². The van der Waals surface area contributed by atoms with Gasteiger partial charge in [-0.1, -0.05) is 6.92 Å². The summed E-state index contributed by atoms with van der Waals surface area (Å²) in [5.74, 6) is 0.900. The van der Waals surface area contributed by atoms with Crippen LogP contribution in [0.25, 0.3) is 0 Å². The number of hydrogen-bond acceptors (Lipinski definition) is 3. The molecule has 5 nitrogen and oxygen atoms in total. The number of methoxy groups -OCH3 is 1. The molecule has 6 heteroatoms. The second-order valence-electron chi connectivity index (χ2n) is 4.56. The molecule has 1 heterocycles. The third-order valence-corrected chi connectivity index (χ3v) is 3.31. The van der Waals surface area contributed by atoms with Crippen LogP contribution in [0.15, 0.2) is 4.99 Å². The average Bonchev–Trinajstić information content (AvgIpc) is 2.83. The van der Waals surface area contributed by atoms with Crippen LogP contribution in [0.4, 0.5) is 0 Å². The molecule has 1 rings (SSSR count). The standard InChI is InChI=1S/C13H28N4O.HI/c1-4-14-13(15-8-10-18-3)16-11-12-7-6-9-17(12)5-2;/h12H,4-11H2,1-3H3,(H2,14,15,16);1H. The second-order valence-corrected chi connectivity index (χ2v) is 4.56. The minimum absolute atomic E-state index is 0. The number of ether oxygens (including phenoxy) is 1. The van der Waals surface area contributed by atoms with Gasteiger partial charge in [0.1, 0.15) is 0 Å². The summed E-state index contributed by atoms with van der Waals surface area (Å²) in [6, 6.07) is 0.618. The first-order chi connectivity index (χ1) is 8.81. The first kappa shape index (κ1) is 18.9. The van der Waals surface area contributed by atoms with E-state index in [1.165, 1.54) is 19.4 Å². The summed E-state index contributed by atoms with van der Waals surface area (Å²) in [5, 5.41) is 6.54. The van der Waals surface area contributed by atoms with E-state index in [4.69, 9.17) is 4.74 Å². The Morgan fingerprint density at radius 1 is 1.37 bits per heavy atom. The summed E-state index contributed by atoms with van der Waals surface area (Å²) in [4.78, 5) is 7.18. The Morgan fingerprint density at radius 2 is 2.16 bits per heavy atom. The molecule has 114 valence electrons. The van der Waals surface area contributed by atoms with E-state index < -0.39 is 0 Å². The van der Waals surface area contributed by atoms with Crippen LogP contribution in [-0.2, 0) is 4.74 Å². The zero-order valence-corrected chi connectivity index (χ0v) is 14.8. The molecule has 0 aromatic carbocycles. The van der Waals surface area contributed by atoms with Gasteiger partial charge in [0.05, 0.1) is 13.2 Å². The number of nitrogens with zero attached hydrogens (tertiary/aromatic N) is 2. The molecule has 1 fully saturated rings. The lowest BCUT2D eigenvalue weighted by Gasteiger charge is -2.21. The Kier molecular flexibility index (Phi) is 11.7. The van der Waals surface area contributed by atoms with E-state index in [9.17, 15) is 0 Å². The molecule has 1 aliphatic heterocycles. The largest absolute Gasteiger partial charge is 0.383 e. The van der Waals surface area contributed by atoms with Crippen molar-refractivity contribution in [1.29, 1.82) is 0 Å².